The molecule has 1 N–H and O–H groups in total. The number of allylic oxidation sites excluding steroid dienone is 2. The number of carbonyl (C=O) groups is 1. The predicted molar refractivity (Wildman–Crippen MR) is 62.6 cm³/mol. The summed E-state index contributed by atoms with van der Waals surface area (Å²) >= 11 is 0. The van der Waals surface area contributed by atoms with Crippen molar-refractivity contribution in [2.75, 3.05) is 7.11 Å². The van der Waals surface area contributed by atoms with Crippen molar-refractivity contribution >= 4 is 5.91 Å². The molecule has 4 aliphatic carbocycles. The Morgan fingerprint density at radius 2 is 1.94 bits per heavy atom. The first-order valence-corrected chi connectivity index (χ1v) is 6.80. The second-order valence-corrected chi connectivity index (χ2v) is 6.28. The molecule has 0 aromatic carbocycles. The van der Waals surface area contributed by atoms with Gasteiger partial charge in [-0.1, -0.05) is 12.2 Å². The topological polar surface area (TPSA) is 38.3 Å². The largest absolute Gasteiger partial charge is 0.277 e. The smallest absolute Gasteiger partial charge is 0.246 e. The summed E-state index contributed by atoms with van der Waals surface area (Å²) in [6.07, 6.45) is 8.60. The van der Waals surface area contributed by atoms with Crippen LogP contribution in [0.4, 0.5) is 0 Å². The van der Waals surface area contributed by atoms with Gasteiger partial charge in [0.05, 0.1) is 7.11 Å². The van der Waals surface area contributed by atoms with Crippen LogP contribution in [0, 0.1) is 41.4 Å². The van der Waals surface area contributed by atoms with Crippen molar-refractivity contribution in [3.8, 4) is 0 Å². The Morgan fingerprint density at radius 3 is 2.71 bits per heavy atom. The second kappa shape index (κ2) is 3.35. The SMILES string of the molecule is CONC(=O)C1CC2CC1C1C3C=CC(C3)C21. The number of fused-ring (bicyclic) bond motifs is 9. The van der Waals surface area contributed by atoms with Gasteiger partial charge in [-0.2, -0.15) is 0 Å². The van der Waals surface area contributed by atoms with Gasteiger partial charge < -0.3 is 0 Å². The van der Waals surface area contributed by atoms with E-state index in [1.807, 2.05) is 0 Å². The number of nitrogens with one attached hydrogen (secondary N) is 1. The highest BCUT2D eigenvalue weighted by Gasteiger charge is 2.62. The zero-order chi connectivity index (χ0) is 11.6. The number of hydrogen-bond acceptors (Lipinski definition) is 2. The fourth-order valence-corrected chi connectivity index (χ4v) is 5.49. The van der Waals surface area contributed by atoms with E-state index in [0.717, 1.165) is 36.0 Å². The average Bonchev–Trinajstić information content (AvgIpc) is 3.07. The maximum absolute atomic E-state index is 12.0. The minimum Gasteiger partial charge on any atom is -0.277 e. The summed E-state index contributed by atoms with van der Waals surface area (Å²) in [5.74, 6) is 5.08. The van der Waals surface area contributed by atoms with Gasteiger partial charge in [0, 0.05) is 5.92 Å². The van der Waals surface area contributed by atoms with Crippen LogP contribution in [0.25, 0.3) is 0 Å². The van der Waals surface area contributed by atoms with Crippen LogP contribution in [0.2, 0.25) is 0 Å². The first kappa shape index (κ1) is 10.1. The average molecular weight is 233 g/mol. The van der Waals surface area contributed by atoms with Crippen molar-refractivity contribution in [2.24, 2.45) is 41.4 Å². The van der Waals surface area contributed by atoms with Crippen molar-refractivity contribution in [2.45, 2.75) is 19.3 Å². The van der Waals surface area contributed by atoms with E-state index in [0.29, 0.717) is 5.92 Å². The first-order chi connectivity index (χ1) is 8.29. The maximum Gasteiger partial charge on any atom is 0.246 e. The lowest BCUT2D eigenvalue weighted by Gasteiger charge is -2.35. The molecular weight excluding hydrogens is 214 g/mol. The lowest BCUT2D eigenvalue weighted by atomic mass is 9.69. The molecule has 7 atom stereocenters. The Morgan fingerprint density at radius 1 is 1.18 bits per heavy atom. The van der Waals surface area contributed by atoms with Crippen molar-refractivity contribution < 1.29 is 9.63 Å². The van der Waals surface area contributed by atoms with Crippen LogP contribution in [0.5, 0.6) is 0 Å². The summed E-state index contributed by atoms with van der Waals surface area (Å²) in [6.45, 7) is 0. The molecule has 0 radical (unpaired) electrons. The van der Waals surface area contributed by atoms with Crippen LogP contribution in [0.3, 0.4) is 0 Å². The molecule has 3 nitrogen and oxygen atoms in total. The zero-order valence-electron chi connectivity index (χ0n) is 10.1. The van der Waals surface area contributed by atoms with Gasteiger partial charge in [0.1, 0.15) is 0 Å². The van der Waals surface area contributed by atoms with Crippen LogP contribution in [0.1, 0.15) is 19.3 Å². The monoisotopic (exact) mass is 233 g/mol. The van der Waals surface area contributed by atoms with Crippen LogP contribution in [0.15, 0.2) is 12.2 Å². The third-order valence-electron chi connectivity index (χ3n) is 5.81. The highest BCUT2D eigenvalue weighted by Crippen LogP contribution is 2.66. The summed E-state index contributed by atoms with van der Waals surface area (Å²) in [4.78, 5) is 16.8. The zero-order valence-corrected chi connectivity index (χ0v) is 10.1. The molecule has 3 saturated carbocycles. The van der Waals surface area contributed by atoms with Gasteiger partial charge in [-0.3, -0.25) is 9.63 Å². The maximum atomic E-state index is 12.0. The van der Waals surface area contributed by atoms with E-state index in [1.54, 1.807) is 0 Å². The molecule has 4 bridgehead atoms. The number of amides is 1. The van der Waals surface area contributed by atoms with Gasteiger partial charge in [-0.15, -0.1) is 0 Å². The normalized spacial score (nSPS) is 53.1. The summed E-state index contributed by atoms with van der Waals surface area (Å²) in [6, 6.07) is 0. The van der Waals surface area contributed by atoms with E-state index in [-0.39, 0.29) is 11.8 Å². The quantitative estimate of drug-likeness (QED) is 0.448. The van der Waals surface area contributed by atoms with Gasteiger partial charge in [0.15, 0.2) is 0 Å². The second-order valence-electron chi connectivity index (χ2n) is 6.28. The van der Waals surface area contributed by atoms with Gasteiger partial charge in [0.2, 0.25) is 5.91 Å². The third kappa shape index (κ3) is 1.18. The molecule has 4 rings (SSSR count). The van der Waals surface area contributed by atoms with Crippen molar-refractivity contribution in [1.82, 2.24) is 5.48 Å². The molecule has 92 valence electrons. The minimum atomic E-state index is 0.116. The van der Waals surface area contributed by atoms with Gasteiger partial charge in [-0.25, -0.2) is 5.48 Å². The van der Waals surface area contributed by atoms with Crippen molar-refractivity contribution in [3.05, 3.63) is 12.2 Å². The Hall–Kier alpha value is -0.830. The molecule has 1 amide bonds. The molecule has 4 aliphatic rings. The molecule has 0 spiro atoms. The molecular formula is C14H19NO2. The van der Waals surface area contributed by atoms with Crippen molar-refractivity contribution in [1.29, 1.82) is 0 Å². The van der Waals surface area contributed by atoms with Crippen LogP contribution >= 0.6 is 0 Å². The number of carbonyl (C=O) groups excluding carboxylic acids is 1. The molecule has 17 heavy (non-hydrogen) atoms. The highest BCUT2D eigenvalue weighted by atomic mass is 16.6. The van der Waals surface area contributed by atoms with E-state index >= 15 is 0 Å². The van der Waals surface area contributed by atoms with E-state index in [4.69, 9.17) is 4.84 Å². The highest BCUT2D eigenvalue weighted by molar-refractivity contribution is 5.78. The summed E-state index contributed by atoms with van der Waals surface area (Å²) in [5, 5.41) is 0. The van der Waals surface area contributed by atoms with Crippen molar-refractivity contribution in [3.63, 3.8) is 0 Å². The van der Waals surface area contributed by atoms with Gasteiger partial charge in [-0.05, 0) is 54.8 Å². The van der Waals surface area contributed by atoms with Crippen LogP contribution < -0.4 is 5.48 Å². The number of hydrogen-bond donors (Lipinski definition) is 1. The molecule has 0 aromatic rings. The summed E-state index contributed by atoms with van der Waals surface area (Å²) in [7, 11) is 1.52. The molecule has 0 saturated heterocycles. The standard InChI is InChI=1S/C14H19NO2/c1-17-15-14(16)11-6-9-5-10(11)13-8-3-2-7(4-8)12(9)13/h2-3,7-13H,4-6H2,1H3,(H,15,16). The molecule has 0 heterocycles. The van der Waals surface area contributed by atoms with Gasteiger partial charge in [0.25, 0.3) is 0 Å². The Balaban J connectivity index is 1.59. The summed E-state index contributed by atoms with van der Waals surface area (Å²) in [5.41, 5.74) is 2.54. The number of rotatable bonds is 2. The van der Waals surface area contributed by atoms with Crippen LogP contribution in [-0.2, 0) is 9.63 Å². The lowest BCUT2D eigenvalue weighted by molar-refractivity contribution is -0.138. The van der Waals surface area contributed by atoms with Gasteiger partial charge >= 0.3 is 0 Å². The molecule has 3 heteroatoms. The molecule has 0 aromatic heterocycles. The van der Waals surface area contributed by atoms with E-state index in [9.17, 15) is 4.79 Å². The predicted octanol–water partition coefficient (Wildman–Crippen LogP) is 1.76. The fraction of sp³-hybridized carbons (Fsp3) is 0.786. The Labute approximate surface area is 102 Å². The van der Waals surface area contributed by atoms with E-state index in [1.165, 1.54) is 20.0 Å². The number of hydroxylamine groups is 1. The minimum absolute atomic E-state index is 0.116. The molecule has 7 unspecified atom stereocenters. The lowest BCUT2D eigenvalue weighted by Crippen LogP contribution is -2.39. The first-order valence-electron chi connectivity index (χ1n) is 6.80. The third-order valence-corrected chi connectivity index (χ3v) is 5.81. The fourth-order valence-electron chi connectivity index (χ4n) is 5.49. The van der Waals surface area contributed by atoms with Crippen LogP contribution in [-0.4, -0.2) is 13.0 Å². The Kier molecular flexibility index (Phi) is 1.99. The van der Waals surface area contributed by atoms with E-state index < -0.39 is 0 Å². The molecule has 3 fully saturated rings. The molecule has 0 aliphatic heterocycles. The Bertz CT molecular complexity index is 392. The summed E-state index contributed by atoms with van der Waals surface area (Å²) < 4.78 is 0. The van der Waals surface area contributed by atoms with E-state index in [2.05, 4.69) is 17.6 Å².